The first kappa shape index (κ1) is 18.4. The molecule has 0 aromatic heterocycles. The van der Waals surface area contributed by atoms with E-state index in [1.807, 2.05) is 0 Å². The van der Waals surface area contributed by atoms with Crippen LogP contribution in [0.2, 0.25) is 5.02 Å². The van der Waals surface area contributed by atoms with E-state index in [0.717, 1.165) is 5.56 Å². The molecule has 0 aliphatic rings. The molecule has 130 valence electrons. The van der Waals surface area contributed by atoms with Gasteiger partial charge in [0.15, 0.2) is 6.61 Å². The number of nitro benzene ring substituents is 1. The van der Waals surface area contributed by atoms with Crippen molar-refractivity contribution in [3.05, 3.63) is 68.2 Å². The van der Waals surface area contributed by atoms with Crippen LogP contribution in [0.1, 0.15) is 21.5 Å². The lowest BCUT2D eigenvalue weighted by Crippen LogP contribution is -2.22. The lowest BCUT2D eigenvalue weighted by atomic mass is 10.1. The third kappa shape index (κ3) is 4.33. The molecule has 1 N–H and O–H groups in total. The van der Waals surface area contributed by atoms with Crippen molar-refractivity contribution < 1.29 is 19.2 Å². The number of carbonyl (C=O) groups excluding carboxylic acids is 2. The predicted octanol–water partition coefficient (Wildman–Crippen LogP) is 3.66. The van der Waals surface area contributed by atoms with Crippen LogP contribution in [0, 0.1) is 24.0 Å². The number of nitro groups is 1. The number of halogens is 1. The number of amides is 1. The molecule has 0 saturated carbocycles. The number of benzene rings is 2. The highest BCUT2D eigenvalue weighted by Crippen LogP contribution is 2.30. The first-order chi connectivity index (χ1) is 11.8. The first-order valence-electron chi connectivity index (χ1n) is 7.27. The molecule has 0 aliphatic heterocycles. The number of aryl methyl sites for hydroxylation is 1. The minimum absolute atomic E-state index is 0.0868. The Hall–Kier alpha value is -2.93. The van der Waals surface area contributed by atoms with Crippen molar-refractivity contribution in [2.75, 3.05) is 11.9 Å². The second kappa shape index (κ2) is 7.76. The third-order valence-corrected chi connectivity index (χ3v) is 3.93. The van der Waals surface area contributed by atoms with E-state index in [4.69, 9.17) is 16.3 Å². The highest BCUT2D eigenvalue weighted by Gasteiger charge is 2.20. The highest BCUT2D eigenvalue weighted by atomic mass is 35.5. The number of rotatable bonds is 5. The summed E-state index contributed by atoms with van der Waals surface area (Å²) in [6.45, 7) is 2.84. The van der Waals surface area contributed by atoms with Crippen molar-refractivity contribution in [2.24, 2.45) is 0 Å². The van der Waals surface area contributed by atoms with Crippen LogP contribution in [-0.2, 0) is 9.53 Å². The van der Waals surface area contributed by atoms with Crippen molar-refractivity contribution in [2.45, 2.75) is 13.8 Å². The first-order valence-corrected chi connectivity index (χ1v) is 7.65. The van der Waals surface area contributed by atoms with Gasteiger partial charge < -0.3 is 10.1 Å². The molecule has 0 unspecified atom stereocenters. The second-order valence-electron chi connectivity index (χ2n) is 5.26. The van der Waals surface area contributed by atoms with Crippen molar-refractivity contribution in [3.8, 4) is 0 Å². The molecule has 1 amide bonds. The zero-order valence-electron chi connectivity index (χ0n) is 13.5. The summed E-state index contributed by atoms with van der Waals surface area (Å²) in [5.74, 6) is -1.44. The molecule has 0 aliphatic carbocycles. The van der Waals surface area contributed by atoms with Gasteiger partial charge in [-0.1, -0.05) is 29.8 Å². The topological polar surface area (TPSA) is 98.5 Å². The molecule has 7 nitrogen and oxygen atoms in total. The van der Waals surface area contributed by atoms with Crippen molar-refractivity contribution in [1.29, 1.82) is 0 Å². The fourth-order valence-electron chi connectivity index (χ4n) is 2.12. The van der Waals surface area contributed by atoms with Crippen LogP contribution in [0.25, 0.3) is 0 Å². The fraction of sp³-hybridized carbons (Fsp3) is 0.176. The Labute approximate surface area is 148 Å². The van der Waals surface area contributed by atoms with Crippen LogP contribution in [0.15, 0.2) is 36.4 Å². The summed E-state index contributed by atoms with van der Waals surface area (Å²) in [5, 5.41) is 13.7. The molecule has 0 spiro atoms. The SMILES string of the molecule is Cc1ccc([N+](=O)[O-])c(NC(=O)COC(=O)c2ccccc2Cl)c1C. The number of hydrogen-bond acceptors (Lipinski definition) is 5. The number of anilines is 1. The Morgan fingerprint density at radius 1 is 1.20 bits per heavy atom. The molecule has 0 saturated heterocycles. The summed E-state index contributed by atoms with van der Waals surface area (Å²) in [4.78, 5) is 34.5. The highest BCUT2D eigenvalue weighted by molar-refractivity contribution is 6.33. The van der Waals surface area contributed by atoms with Crippen LogP contribution < -0.4 is 5.32 Å². The summed E-state index contributed by atoms with van der Waals surface area (Å²) in [6, 6.07) is 9.18. The van der Waals surface area contributed by atoms with Gasteiger partial charge in [0.1, 0.15) is 5.69 Å². The van der Waals surface area contributed by atoms with Gasteiger partial charge in [0.05, 0.1) is 15.5 Å². The molecule has 2 aromatic rings. The number of nitrogens with zero attached hydrogens (tertiary/aromatic N) is 1. The molecule has 2 aromatic carbocycles. The average Bonchev–Trinajstić information content (AvgIpc) is 2.57. The van der Waals surface area contributed by atoms with Crippen LogP contribution in [0.4, 0.5) is 11.4 Å². The van der Waals surface area contributed by atoms with Gasteiger partial charge in [-0.25, -0.2) is 4.79 Å². The van der Waals surface area contributed by atoms with Crippen LogP contribution in [-0.4, -0.2) is 23.4 Å². The van der Waals surface area contributed by atoms with Gasteiger partial charge in [-0.05, 0) is 37.1 Å². The van der Waals surface area contributed by atoms with E-state index >= 15 is 0 Å². The average molecular weight is 363 g/mol. The minimum atomic E-state index is -0.754. The summed E-state index contributed by atoms with van der Waals surface area (Å²) < 4.78 is 4.91. The lowest BCUT2D eigenvalue weighted by molar-refractivity contribution is -0.384. The minimum Gasteiger partial charge on any atom is -0.452 e. The summed E-state index contributed by atoms with van der Waals surface area (Å²) in [5.41, 5.74) is 1.35. The van der Waals surface area contributed by atoms with E-state index < -0.39 is 23.4 Å². The van der Waals surface area contributed by atoms with Gasteiger partial charge in [0.2, 0.25) is 0 Å². The molecule has 0 bridgehead atoms. The Kier molecular flexibility index (Phi) is 5.71. The third-order valence-electron chi connectivity index (χ3n) is 3.60. The Bertz CT molecular complexity index is 851. The Morgan fingerprint density at radius 3 is 2.52 bits per heavy atom. The van der Waals surface area contributed by atoms with Crippen LogP contribution in [0.3, 0.4) is 0 Å². The van der Waals surface area contributed by atoms with Gasteiger partial charge in [-0.15, -0.1) is 0 Å². The van der Waals surface area contributed by atoms with Crippen LogP contribution >= 0.6 is 11.6 Å². The van der Waals surface area contributed by atoms with Gasteiger partial charge in [0.25, 0.3) is 11.6 Å². The van der Waals surface area contributed by atoms with E-state index in [2.05, 4.69) is 5.32 Å². The van der Waals surface area contributed by atoms with E-state index in [1.165, 1.54) is 18.2 Å². The zero-order valence-corrected chi connectivity index (χ0v) is 14.3. The molecule has 0 fully saturated rings. The van der Waals surface area contributed by atoms with Crippen molar-refractivity contribution >= 4 is 34.9 Å². The number of carbonyl (C=O) groups is 2. The second-order valence-corrected chi connectivity index (χ2v) is 5.67. The molecular weight excluding hydrogens is 348 g/mol. The number of hydrogen-bond donors (Lipinski definition) is 1. The molecule has 0 atom stereocenters. The van der Waals surface area contributed by atoms with Crippen molar-refractivity contribution in [3.63, 3.8) is 0 Å². The normalized spacial score (nSPS) is 10.2. The summed E-state index contributed by atoms with van der Waals surface area (Å²) in [7, 11) is 0. The molecular formula is C17H15ClN2O5. The Morgan fingerprint density at radius 2 is 1.88 bits per heavy atom. The maximum absolute atomic E-state index is 12.0. The van der Waals surface area contributed by atoms with Gasteiger partial charge >= 0.3 is 5.97 Å². The molecule has 8 heteroatoms. The number of nitrogens with one attached hydrogen (secondary N) is 1. The molecule has 0 radical (unpaired) electrons. The molecule has 2 rings (SSSR count). The summed E-state index contributed by atoms with van der Waals surface area (Å²) >= 11 is 5.88. The maximum Gasteiger partial charge on any atom is 0.340 e. The van der Waals surface area contributed by atoms with E-state index in [-0.39, 0.29) is 22.0 Å². The number of ether oxygens (including phenoxy) is 1. The van der Waals surface area contributed by atoms with E-state index in [9.17, 15) is 19.7 Å². The van der Waals surface area contributed by atoms with E-state index in [1.54, 1.807) is 32.0 Å². The number of esters is 1. The fourth-order valence-corrected chi connectivity index (χ4v) is 2.34. The Balaban J connectivity index is 2.09. The van der Waals surface area contributed by atoms with Gasteiger partial charge in [-0.3, -0.25) is 14.9 Å². The largest absolute Gasteiger partial charge is 0.452 e. The monoisotopic (exact) mass is 362 g/mol. The zero-order chi connectivity index (χ0) is 18.6. The van der Waals surface area contributed by atoms with Gasteiger partial charge in [-0.2, -0.15) is 0 Å². The maximum atomic E-state index is 12.0. The van der Waals surface area contributed by atoms with Crippen molar-refractivity contribution in [1.82, 2.24) is 0 Å². The van der Waals surface area contributed by atoms with Crippen LogP contribution in [0.5, 0.6) is 0 Å². The van der Waals surface area contributed by atoms with E-state index in [0.29, 0.717) is 5.56 Å². The quantitative estimate of drug-likeness (QED) is 0.497. The summed E-state index contributed by atoms with van der Waals surface area (Å²) in [6.07, 6.45) is 0. The predicted molar refractivity (Wildman–Crippen MR) is 92.9 cm³/mol. The smallest absolute Gasteiger partial charge is 0.340 e. The lowest BCUT2D eigenvalue weighted by Gasteiger charge is -2.11. The van der Waals surface area contributed by atoms with Gasteiger partial charge in [0, 0.05) is 6.07 Å². The molecule has 25 heavy (non-hydrogen) atoms. The molecule has 0 heterocycles. The standard InChI is InChI=1S/C17H15ClN2O5/c1-10-7-8-14(20(23)24)16(11(10)2)19-15(21)9-25-17(22)12-5-3-4-6-13(12)18/h3-8H,9H2,1-2H3,(H,19,21).